The number of carbonyl (C=O) groups is 3. The minimum absolute atomic E-state index is 0.116. The van der Waals surface area contributed by atoms with Crippen LogP contribution >= 0.6 is 0 Å². The molecular formula is C49H76O6. The van der Waals surface area contributed by atoms with Crippen molar-refractivity contribution < 1.29 is 28.6 Å². The van der Waals surface area contributed by atoms with Crippen molar-refractivity contribution in [3.8, 4) is 0 Å². The average molecular weight is 761 g/mol. The van der Waals surface area contributed by atoms with Gasteiger partial charge in [0.05, 0.1) is 6.42 Å². The molecule has 0 radical (unpaired) electrons. The number of ether oxygens (including phenoxy) is 3. The Kier molecular flexibility index (Phi) is 39.7. The van der Waals surface area contributed by atoms with Crippen molar-refractivity contribution >= 4 is 17.9 Å². The summed E-state index contributed by atoms with van der Waals surface area (Å²) in [6.45, 7) is 6.22. The summed E-state index contributed by atoms with van der Waals surface area (Å²) in [6, 6.07) is 0. The lowest BCUT2D eigenvalue weighted by molar-refractivity contribution is -0.166. The van der Waals surface area contributed by atoms with Crippen LogP contribution in [0.25, 0.3) is 0 Å². The first-order valence-electron chi connectivity index (χ1n) is 21.4. The molecule has 0 aromatic carbocycles. The Balaban J connectivity index is 4.57. The van der Waals surface area contributed by atoms with Crippen molar-refractivity contribution in [3.05, 3.63) is 109 Å². The van der Waals surface area contributed by atoms with Crippen LogP contribution in [-0.2, 0) is 28.6 Å². The molecule has 0 rings (SSSR count). The van der Waals surface area contributed by atoms with Gasteiger partial charge in [-0.25, -0.2) is 0 Å². The van der Waals surface area contributed by atoms with E-state index >= 15 is 0 Å². The van der Waals surface area contributed by atoms with Crippen LogP contribution in [0.15, 0.2) is 109 Å². The maximum absolute atomic E-state index is 12.6. The summed E-state index contributed by atoms with van der Waals surface area (Å²) in [5.74, 6) is -1.17. The highest BCUT2D eigenvalue weighted by Gasteiger charge is 2.19. The molecule has 6 nitrogen and oxygen atoms in total. The fourth-order valence-electron chi connectivity index (χ4n) is 5.06. The molecule has 0 bridgehead atoms. The van der Waals surface area contributed by atoms with E-state index in [9.17, 15) is 14.4 Å². The molecule has 0 aliphatic carbocycles. The van der Waals surface area contributed by atoms with Gasteiger partial charge >= 0.3 is 17.9 Å². The van der Waals surface area contributed by atoms with Crippen molar-refractivity contribution in [2.45, 2.75) is 168 Å². The lowest BCUT2D eigenvalue weighted by atomic mass is 10.1. The molecule has 308 valence electrons. The van der Waals surface area contributed by atoms with Crippen molar-refractivity contribution in [2.24, 2.45) is 0 Å². The van der Waals surface area contributed by atoms with Gasteiger partial charge in [0.2, 0.25) is 0 Å². The molecule has 0 aromatic heterocycles. The summed E-state index contributed by atoms with van der Waals surface area (Å²) < 4.78 is 16.4. The first-order chi connectivity index (χ1) is 27.0. The molecule has 0 amide bonds. The zero-order valence-electron chi connectivity index (χ0n) is 34.9. The van der Waals surface area contributed by atoms with Gasteiger partial charge in [-0.2, -0.15) is 0 Å². The van der Waals surface area contributed by atoms with E-state index in [0.717, 1.165) is 70.6 Å². The lowest BCUT2D eigenvalue weighted by Crippen LogP contribution is -2.30. The number of unbranched alkanes of at least 4 members (excludes halogenated alkanes) is 9. The first kappa shape index (κ1) is 51.1. The predicted octanol–water partition coefficient (Wildman–Crippen LogP) is 13.6. The smallest absolute Gasteiger partial charge is 0.309 e. The predicted molar refractivity (Wildman–Crippen MR) is 233 cm³/mol. The first-order valence-corrected chi connectivity index (χ1v) is 21.4. The van der Waals surface area contributed by atoms with Crippen molar-refractivity contribution in [1.82, 2.24) is 0 Å². The molecule has 55 heavy (non-hydrogen) atoms. The third-order valence-electron chi connectivity index (χ3n) is 8.29. The van der Waals surface area contributed by atoms with Crippen LogP contribution in [0, 0.1) is 0 Å². The molecule has 0 fully saturated rings. The molecule has 1 atom stereocenters. The summed E-state index contributed by atoms with van der Waals surface area (Å²) in [7, 11) is 0. The number of allylic oxidation sites excluding steroid dienone is 17. The molecule has 0 aliphatic rings. The molecule has 0 saturated heterocycles. The van der Waals surface area contributed by atoms with E-state index < -0.39 is 12.1 Å². The van der Waals surface area contributed by atoms with E-state index in [2.05, 4.69) is 118 Å². The van der Waals surface area contributed by atoms with Crippen molar-refractivity contribution in [2.75, 3.05) is 13.2 Å². The quantitative estimate of drug-likeness (QED) is 0.0208. The second-order valence-corrected chi connectivity index (χ2v) is 13.6. The largest absolute Gasteiger partial charge is 0.462 e. The molecular weight excluding hydrogens is 685 g/mol. The van der Waals surface area contributed by atoms with Crippen LogP contribution in [0.1, 0.15) is 162 Å². The number of carbonyl (C=O) groups excluding carboxylic acids is 3. The Morgan fingerprint density at radius 2 is 0.873 bits per heavy atom. The molecule has 0 aliphatic heterocycles. The Morgan fingerprint density at radius 3 is 1.45 bits per heavy atom. The Hall–Kier alpha value is -3.93. The summed E-state index contributed by atoms with van der Waals surface area (Å²) in [5, 5.41) is 0. The highest BCUT2D eigenvalue weighted by atomic mass is 16.6. The van der Waals surface area contributed by atoms with Crippen LogP contribution in [0.2, 0.25) is 0 Å². The number of hydrogen-bond acceptors (Lipinski definition) is 6. The van der Waals surface area contributed by atoms with Gasteiger partial charge in [0.25, 0.3) is 0 Å². The van der Waals surface area contributed by atoms with Crippen LogP contribution in [-0.4, -0.2) is 37.2 Å². The van der Waals surface area contributed by atoms with Gasteiger partial charge in [-0.1, -0.05) is 162 Å². The Labute approximate surface area is 336 Å². The summed E-state index contributed by atoms with van der Waals surface area (Å²) in [4.78, 5) is 37.5. The normalized spacial score (nSPS) is 13.1. The van der Waals surface area contributed by atoms with Gasteiger partial charge in [-0.05, 0) is 89.9 Å². The fraction of sp³-hybridized carbons (Fsp3) is 0.571. The van der Waals surface area contributed by atoms with Gasteiger partial charge in [0, 0.05) is 12.8 Å². The number of rotatable bonds is 36. The summed E-state index contributed by atoms with van der Waals surface area (Å²) >= 11 is 0. The molecule has 0 heterocycles. The minimum Gasteiger partial charge on any atom is -0.462 e. The van der Waals surface area contributed by atoms with E-state index in [-0.39, 0.29) is 44.4 Å². The third-order valence-corrected chi connectivity index (χ3v) is 8.29. The van der Waals surface area contributed by atoms with Crippen LogP contribution < -0.4 is 0 Å². The second kappa shape index (κ2) is 42.8. The maximum atomic E-state index is 12.6. The van der Waals surface area contributed by atoms with Gasteiger partial charge in [0.15, 0.2) is 6.10 Å². The Bertz CT molecular complexity index is 1200. The maximum Gasteiger partial charge on any atom is 0.309 e. The molecule has 0 saturated carbocycles. The Morgan fingerprint density at radius 1 is 0.418 bits per heavy atom. The van der Waals surface area contributed by atoms with E-state index in [4.69, 9.17) is 14.2 Å². The van der Waals surface area contributed by atoms with Crippen molar-refractivity contribution in [3.63, 3.8) is 0 Å². The topological polar surface area (TPSA) is 78.9 Å². The van der Waals surface area contributed by atoms with E-state index in [1.54, 1.807) is 6.08 Å². The highest BCUT2D eigenvalue weighted by molar-refractivity contribution is 5.72. The molecule has 0 aromatic rings. The average Bonchev–Trinajstić information content (AvgIpc) is 3.18. The van der Waals surface area contributed by atoms with Crippen LogP contribution in [0.3, 0.4) is 0 Å². The van der Waals surface area contributed by atoms with Gasteiger partial charge in [-0.3, -0.25) is 14.4 Å². The van der Waals surface area contributed by atoms with Gasteiger partial charge in [0.1, 0.15) is 13.2 Å². The van der Waals surface area contributed by atoms with Crippen LogP contribution in [0.4, 0.5) is 0 Å². The van der Waals surface area contributed by atoms with E-state index in [1.165, 1.54) is 38.5 Å². The molecule has 1 unspecified atom stereocenters. The standard InChI is InChI=1S/C49H76O6/c1-4-7-10-13-16-19-21-22-23-24-25-26-28-30-33-36-39-42-48(51)54-45-46(44-53-47(50)41-38-35-32-29-18-15-12-9-6-3)55-49(52)43-40-37-34-31-27-20-17-14-11-8-5-2/h9,12,14,16-20,22-23,25-27,29-30,33,35,38,46H,4-8,10-11,13,15,21,24,28,31-32,34,36-37,39-45H2,1-3H3/b12-9-,17-14-,19-16-,23-22-,26-25-,27-20-,29-18-,33-30-,38-35-. The van der Waals surface area contributed by atoms with Gasteiger partial charge < -0.3 is 14.2 Å². The molecule has 0 spiro atoms. The highest BCUT2D eigenvalue weighted by Crippen LogP contribution is 2.09. The summed E-state index contributed by atoms with van der Waals surface area (Å²) in [6.07, 6.45) is 56.9. The van der Waals surface area contributed by atoms with Crippen LogP contribution in [0.5, 0.6) is 0 Å². The third kappa shape index (κ3) is 41.1. The zero-order valence-corrected chi connectivity index (χ0v) is 34.9. The van der Waals surface area contributed by atoms with Gasteiger partial charge in [-0.15, -0.1) is 0 Å². The monoisotopic (exact) mass is 761 g/mol. The van der Waals surface area contributed by atoms with Crippen molar-refractivity contribution in [1.29, 1.82) is 0 Å². The minimum atomic E-state index is -0.848. The zero-order chi connectivity index (χ0) is 40.1. The lowest BCUT2D eigenvalue weighted by Gasteiger charge is -2.18. The SMILES string of the molecule is CC/C=C\C/C=C\C/C=C\CC(=O)OCC(COC(=O)CCC/C=C\C/C=C\C/C=C\C/C=C\CCCCC)OC(=O)CCCCC/C=C\C=C/CCCC. The number of esters is 3. The fourth-order valence-corrected chi connectivity index (χ4v) is 5.06. The van der Waals surface area contributed by atoms with E-state index in [1.807, 2.05) is 6.08 Å². The molecule has 0 N–H and O–H groups in total. The van der Waals surface area contributed by atoms with E-state index in [0.29, 0.717) is 12.8 Å². The second-order valence-electron chi connectivity index (χ2n) is 13.6. The summed E-state index contributed by atoms with van der Waals surface area (Å²) in [5.41, 5.74) is 0. The number of hydrogen-bond donors (Lipinski definition) is 0. The molecule has 6 heteroatoms.